The third kappa shape index (κ3) is 7.17. The number of benzene rings is 1. The van der Waals surface area contributed by atoms with Crippen LogP contribution in [0.15, 0.2) is 35.3 Å². The van der Waals surface area contributed by atoms with E-state index in [-0.39, 0.29) is 29.6 Å². The number of hydrogen-bond acceptors (Lipinski definition) is 4. The van der Waals surface area contributed by atoms with E-state index in [1.54, 1.807) is 7.11 Å². The molecule has 1 aromatic rings. The molecule has 0 bridgehead atoms. The number of hydrogen-bond donors (Lipinski definition) is 2. The van der Waals surface area contributed by atoms with Gasteiger partial charge in [0.1, 0.15) is 0 Å². The second-order valence-corrected chi connectivity index (χ2v) is 6.95. The minimum absolute atomic E-state index is 0. The van der Waals surface area contributed by atoms with Crippen molar-refractivity contribution in [1.82, 2.24) is 15.5 Å². The Bertz CT molecular complexity index is 561. The zero-order chi connectivity index (χ0) is 19.5. The molecule has 0 amide bonds. The third-order valence-corrected chi connectivity index (χ3v) is 5.54. The minimum atomic E-state index is -0.173. The number of likely N-dealkylation sites (N-methyl/N-ethyl adjacent to an activating group) is 1. The van der Waals surface area contributed by atoms with Crippen molar-refractivity contribution in [3.8, 4) is 0 Å². The standard InChI is InChI=1S/C21H36N4O2.HI/c1-5-25(6-2)19(18-10-8-7-9-11-18)16-23-20(22-3)24-17-21(26-4)12-14-27-15-13-21;/h7-11,19H,5-6,12-17H2,1-4H3,(H2,22,23,24);1H. The Morgan fingerprint density at radius 2 is 1.82 bits per heavy atom. The summed E-state index contributed by atoms with van der Waals surface area (Å²) in [5, 5.41) is 6.96. The van der Waals surface area contributed by atoms with Crippen molar-refractivity contribution >= 4 is 29.9 Å². The number of guanidine groups is 1. The molecular formula is C21H37IN4O2. The van der Waals surface area contributed by atoms with Crippen LogP contribution in [0, 0.1) is 0 Å². The first-order chi connectivity index (χ1) is 13.2. The predicted octanol–water partition coefficient (Wildman–Crippen LogP) is 3.05. The van der Waals surface area contributed by atoms with E-state index >= 15 is 0 Å². The van der Waals surface area contributed by atoms with Crippen LogP contribution in [0.3, 0.4) is 0 Å². The quantitative estimate of drug-likeness (QED) is 0.308. The molecule has 0 spiro atoms. The second-order valence-electron chi connectivity index (χ2n) is 6.95. The van der Waals surface area contributed by atoms with E-state index in [4.69, 9.17) is 9.47 Å². The lowest BCUT2D eigenvalue weighted by molar-refractivity contribution is -0.0855. The van der Waals surface area contributed by atoms with Gasteiger partial charge in [0.25, 0.3) is 0 Å². The lowest BCUT2D eigenvalue weighted by atomic mass is 9.94. The summed E-state index contributed by atoms with van der Waals surface area (Å²) in [6.45, 7) is 9.47. The number of ether oxygens (including phenoxy) is 2. The molecule has 1 unspecified atom stereocenters. The molecule has 1 fully saturated rings. The van der Waals surface area contributed by atoms with Gasteiger partial charge in [-0.1, -0.05) is 44.2 Å². The third-order valence-electron chi connectivity index (χ3n) is 5.54. The van der Waals surface area contributed by atoms with Gasteiger partial charge in [0, 0.05) is 53.3 Å². The van der Waals surface area contributed by atoms with Crippen LogP contribution in [0.5, 0.6) is 0 Å². The molecule has 0 saturated carbocycles. The lowest BCUT2D eigenvalue weighted by Gasteiger charge is -2.36. The summed E-state index contributed by atoms with van der Waals surface area (Å²) >= 11 is 0. The highest BCUT2D eigenvalue weighted by Gasteiger charge is 2.32. The molecule has 1 aliphatic rings. The molecule has 160 valence electrons. The zero-order valence-corrected chi connectivity index (χ0v) is 20.1. The van der Waals surface area contributed by atoms with Crippen molar-refractivity contribution in [3.63, 3.8) is 0 Å². The molecule has 1 heterocycles. The highest BCUT2D eigenvalue weighted by Crippen LogP contribution is 2.23. The number of halogens is 1. The van der Waals surface area contributed by atoms with E-state index in [2.05, 4.69) is 64.7 Å². The van der Waals surface area contributed by atoms with Crippen LogP contribution in [0.4, 0.5) is 0 Å². The maximum Gasteiger partial charge on any atom is 0.191 e. The molecule has 1 aromatic carbocycles. The Morgan fingerprint density at radius 1 is 1.18 bits per heavy atom. The molecule has 1 aliphatic heterocycles. The summed E-state index contributed by atoms with van der Waals surface area (Å²) < 4.78 is 11.3. The largest absolute Gasteiger partial charge is 0.381 e. The molecular weight excluding hydrogens is 467 g/mol. The molecule has 0 aromatic heterocycles. The van der Waals surface area contributed by atoms with Gasteiger partial charge in [0.2, 0.25) is 0 Å². The van der Waals surface area contributed by atoms with Gasteiger partial charge in [-0.2, -0.15) is 0 Å². The minimum Gasteiger partial charge on any atom is -0.381 e. The first-order valence-electron chi connectivity index (χ1n) is 10.0. The maximum atomic E-state index is 5.81. The van der Waals surface area contributed by atoms with Crippen molar-refractivity contribution in [1.29, 1.82) is 0 Å². The first-order valence-corrected chi connectivity index (χ1v) is 10.0. The van der Waals surface area contributed by atoms with E-state index in [0.717, 1.165) is 58.2 Å². The van der Waals surface area contributed by atoms with Gasteiger partial charge in [-0.25, -0.2) is 0 Å². The second kappa shape index (κ2) is 13.3. The van der Waals surface area contributed by atoms with Crippen LogP contribution in [0.25, 0.3) is 0 Å². The fraction of sp³-hybridized carbons (Fsp3) is 0.667. The van der Waals surface area contributed by atoms with Crippen molar-refractivity contribution in [2.75, 3.05) is 53.6 Å². The zero-order valence-electron chi connectivity index (χ0n) is 17.7. The number of nitrogens with one attached hydrogen (secondary N) is 2. The van der Waals surface area contributed by atoms with E-state index in [0.29, 0.717) is 6.04 Å². The predicted molar refractivity (Wildman–Crippen MR) is 127 cm³/mol. The molecule has 2 N–H and O–H groups in total. The first kappa shape index (κ1) is 25.1. The highest BCUT2D eigenvalue weighted by atomic mass is 127. The van der Waals surface area contributed by atoms with Crippen LogP contribution in [0.2, 0.25) is 0 Å². The Labute approximate surface area is 187 Å². The van der Waals surface area contributed by atoms with Crippen molar-refractivity contribution in [3.05, 3.63) is 35.9 Å². The number of nitrogens with zero attached hydrogens (tertiary/aromatic N) is 2. The van der Waals surface area contributed by atoms with Crippen molar-refractivity contribution in [2.24, 2.45) is 4.99 Å². The fourth-order valence-electron chi connectivity index (χ4n) is 3.65. The van der Waals surface area contributed by atoms with Gasteiger partial charge in [0.15, 0.2) is 5.96 Å². The van der Waals surface area contributed by atoms with Crippen LogP contribution in [-0.4, -0.2) is 70.0 Å². The molecule has 6 nitrogen and oxygen atoms in total. The van der Waals surface area contributed by atoms with Crippen LogP contribution in [0.1, 0.15) is 38.3 Å². The van der Waals surface area contributed by atoms with E-state index in [9.17, 15) is 0 Å². The van der Waals surface area contributed by atoms with Gasteiger partial charge in [-0.3, -0.25) is 9.89 Å². The summed E-state index contributed by atoms with van der Waals surface area (Å²) in [6, 6.07) is 11.0. The summed E-state index contributed by atoms with van der Waals surface area (Å²) in [5.74, 6) is 0.811. The Kier molecular flexibility index (Phi) is 12.0. The molecule has 2 rings (SSSR count). The Balaban J connectivity index is 0.00000392. The van der Waals surface area contributed by atoms with Gasteiger partial charge in [0.05, 0.1) is 11.6 Å². The van der Waals surface area contributed by atoms with Gasteiger partial charge < -0.3 is 20.1 Å². The van der Waals surface area contributed by atoms with Crippen LogP contribution < -0.4 is 10.6 Å². The number of methoxy groups -OCH3 is 1. The van der Waals surface area contributed by atoms with Gasteiger partial charge in [-0.15, -0.1) is 24.0 Å². The number of aliphatic imine (C=N–C) groups is 1. The smallest absolute Gasteiger partial charge is 0.191 e. The summed E-state index contributed by atoms with van der Waals surface area (Å²) in [5.41, 5.74) is 1.15. The van der Waals surface area contributed by atoms with E-state index in [1.165, 1.54) is 5.56 Å². The average molecular weight is 504 g/mol. The number of rotatable bonds is 9. The molecule has 0 aliphatic carbocycles. The molecule has 0 radical (unpaired) electrons. The normalized spacial score (nSPS) is 17.7. The van der Waals surface area contributed by atoms with Crippen molar-refractivity contribution in [2.45, 2.75) is 38.3 Å². The SMILES string of the molecule is CCN(CC)C(CNC(=NC)NCC1(OC)CCOCC1)c1ccccc1.I. The fourth-order valence-corrected chi connectivity index (χ4v) is 3.65. The maximum absolute atomic E-state index is 5.81. The van der Waals surface area contributed by atoms with Gasteiger partial charge >= 0.3 is 0 Å². The molecule has 7 heteroatoms. The van der Waals surface area contributed by atoms with Crippen LogP contribution in [-0.2, 0) is 9.47 Å². The summed E-state index contributed by atoms with van der Waals surface area (Å²) in [7, 11) is 3.60. The highest BCUT2D eigenvalue weighted by molar-refractivity contribution is 14.0. The summed E-state index contributed by atoms with van der Waals surface area (Å²) in [6.07, 6.45) is 1.80. The molecule has 1 atom stereocenters. The average Bonchev–Trinajstić information content (AvgIpc) is 2.74. The van der Waals surface area contributed by atoms with Crippen molar-refractivity contribution < 1.29 is 9.47 Å². The van der Waals surface area contributed by atoms with Gasteiger partial charge in [-0.05, 0) is 18.7 Å². The molecule has 28 heavy (non-hydrogen) atoms. The topological polar surface area (TPSA) is 58.1 Å². The Hall–Kier alpha value is -0.900. The van der Waals surface area contributed by atoms with E-state index < -0.39 is 0 Å². The van der Waals surface area contributed by atoms with E-state index in [1.807, 2.05) is 7.05 Å². The van der Waals surface area contributed by atoms with Crippen LogP contribution >= 0.6 is 24.0 Å². The Morgan fingerprint density at radius 3 is 2.36 bits per heavy atom. The summed E-state index contributed by atoms with van der Waals surface area (Å²) in [4.78, 5) is 6.87. The molecule has 1 saturated heterocycles. The monoisotopic (exact) mass is 504 g/mol. The lowest BCUT2D eigenvalue weighted by Crippen LogP contribution is -2.51.